The molecule has 2 rings (SSSR count). The quantitative estimate of drug-likeness (QED) is 0.560. The third-order valence-corrected chi connectivity index (χ3v) is 3.97. The van der Waals surface area contributed by atoms with Crippen LogP contribution in [0.3, 0.4) is 0 Å². The van der Waals surface area contributed by atoms with E-state index < -0.39 is 0 Å². The molecule has 2 aromatic rings. The minimum atomic E-state index is 0.695. The van der Waals surface area contributed by atoms with Gasteiger partial charge in [0, 0.05) is 12.1 Å². The number of hydrogen-bond acceptors (Lipinski definition) is 4. The van der Waals surface area contributed by atoms with Crippen molar-refractivity contribution in [2.45, 2.75) is 52.1 Å². The number of unbranched alkanes of at least 4 members (excludes halogenated alkanes) is 4. The summed E-state index contributed by atoms with van der Waals surface area (Å²) in [6.45, 7) is 4.37. The zero-order valence-corrected chi connectivity index (χ0v) is 14.8. The molecule has 0 aliphatic rings. The van der Waals surface area contributed by atoms with E-state index in [1.54, 1.807) is 13.4 Å². The van der Waals surface area contributed by atoms with Crippen LogP contribution >= 0.6 is 0 Å². The Morgan fingerprint density at radius 3 is 2.62 bits per heavy atom. The summed E-state index contributed by atoms with van der Waals surface area (Å²) in [4.78, 5) is 0. The topological polar surface area (TPSA) is 43.6 Å². The van der Waals surface area contributed by atoms with Gasteiger partial charge in [0.25, 0.3) is 0 Å². The number of nitrogens with one attached hydrogen (secondary N) is 1. The first-order chi connectivity index (χ1) is 11.8. The van der Waals surface area contributed by atoms with Crippen LogP contribution in [0.1, 0.15) is 50.4 Å². The molecule has 0 bridgehead atoms. The van der Waals surface area contributed by atoms with Crippen LogP contribution in [0.25, 0.3) is 0 Å². The Morgan fingerprint density at radius 2 is 1.88 bits per heavy atom. The molecular weight excluding hydrogens is 302 g/mol. The van der Waals surface area contributed by atoms with E-state index in [0.717, 1.165) is 35.9 Å². The van der Waals surface area contributed by atoms with E-state index in [1.807, 2.05) is 24.3 Å². The molecule has 0 fully saturated rings. The Labute approximate surface area is 145 Å². The Kier molecular flexibility index (Phi) is 8.25. The van der Waals surface area contributed by atoms with Crippen molar-refractivity contribution in [1.29, 1.82) is 0 Å². The zero-order valence-electron chi connectivity index (χ0n) is 14.8. The summed E-state index contributed by atoms with van der Waals surface area (Å²) in [5.41, 5.74) is 1.11. The van der Waals surface area contributed by atoms with Gasteiger partial charge in [-0.15, -0.1) is 0 Å². The van der Waals surface area contributed by atoms with Crippen molar-refractivity contribution < 1.29 is 13.9 Å². The summed E-state index contributed by atoms with van der Waals surface area (Å²) in [6, 6.07) is 9.88. The molecule has 1 aromatic heterocycles. The van der Waals surface area contributed by atoms with Gasteiger partial charge in [-0.2, -0.15) is 0 Å². The van der Waals surface area contributed by atoms with E-state index in [0.29, 0.717) is 13.1 Å². The van der Waals surface area contributed by atoms with Crippen molar-refractivity contribution in [1.82, 2.24) is 5.32 Å². The molecular formula is C20H29NO3. The third kappa shape index (κ3) is 5.93. The van der Waals surface area contributed by atoms with Crippen molar-refractivity contribution in [3.8, 4) is 11.5 Å². The highest BCUT2D eigenvalue weighted by Gasteiger charge is 2.10. The van der Waals surface area contributed by atoms with Gasteiger partial charge in [0.15, 0.2) is 11.5 Å². The van der Waals surface area contributed by atoms with Crippen molar-refractivity contribution >= 4 is 0 Å². The van der Waals surface area contributed by atoms with E-state index in [9.17, 15) is 0 Å². The fourth-order valence-electron chi connectivity index (χ4n) is 2.64. The van der Waals surface area contributed by atoms with E-state index in [4.69, 9.17) is 13.9 Å². The van der Waals surface area contributed by atoms with Gasteiger partial charge < -0.3 is 19.2 Å². The number of para-hydroxylation sites is 1. The molecule has 0 aliphatic heterocycles. The third-order valence-electron chi connectivity index (χ3n) is 3.97. The lowest BCUT2D eigenvalue weighted by atomic mass is 10.1. The Balaban J connectivity index is 1.86. The number of benzene rings is 1. The number of ether oxygens (including phenoxy) is 2. The molecule has 0 atom stereocenters. The van der Waals surface area contributed by atoms with Crippen molar-refractivity contribution in [3.05, 3.63) is 47.9 Å². The van der Waals surface area contributed by atoms with Crippen LogP contribution < -0.4 is 14.8 Å². The molecule has 1 heterocycles. The van der Waals surface area contributed by atoms with Crippen LogP contribution in [-0.2, 0) is 13.1 Å². The standard InChI is InChI=1S/C20H29NO3/c1-3-4-5-6-7-13-24-20-17(10-8-12-19(20)22-2)15-21-16-18-11-9-14-23-18/h8-12,14,21H,3-7,13,15-16H2,1-2H3. The lowest BCUT2D eigenvalue weighted by Gasteiger charge is -2.15. The van der Waals surface area contributed by atoms with Gasteiger partial charge >= 0.3 is 0 Å². The van der Waals surface area contributed by atoms with Crippen molar-refractivity contribution in [3.63, 3.8) is 0 Å². The summed E-state index contributed by atoms with van der Waals surface area (Å²) in [5.74, 6) is 2.57. The average Bonchev–Trinajstić information content (AvgIpc) is 3.12. The van der Waals surface area contributed by atoms with Gasteiger partial charge in [-0.05, 0) is 24.6 Å². The van der Waals surface area contributed by atoms with Crippen molar-refractivity contribution in [2.75, 3.05) is 13.7 Å². The summed E-state index contributed by atoms with van der Waals surface area (Å²) in [5, 5.41) is 3.38. The summed E-state index contributed by atoms with van der Waals surface area (Å²) >= 11 is 0. The molecule has 1 N–H and O–H groups in total. The lowest BCUT2D eigenvalue weighted by molar-refractivity contribution is 0.281. The minimum Gasteiger partial charge on any atom is -0.493 e. The smallest absolute Gasteiger partial charge is 0.165 e. The molecule has 0 spiro atoms. The predicted octanol–water partition coefficient (Wildman–Crippen LogP) is 4.93. The second-order valence-electron chi connectivity index (χ2n) is 5.89. The van der Waals surface area contributed by atoms with Crippen LogP contribution in [0.15, 0.2) is 41.0 Å². The minimum absolute atomic E-state index is 0.695. The molecule has 0 saturated heterocycles. The highest BCUT2D eigenvalue weighted by atomic mass is 16.5. The van der Waals surface area contributed by atoms with E-state index in [1.165, 1.54) is 25.7 Å². The van der Waals surface area contributed by atoms with Crippen molar-refractivity contribution in [2.24, 2.45) is 0 Å². The van der Waals surface area contributed by atoms with Crippen LogP contribution in [0.5, 0.6) is 11.5 Å². The molecule has 4 nitrogen and oxygen atoms in total. The molecule has 132 valence electrons. The van der Waals surface area contributed by atoms with Gasteiger partial charge in [0.05, 0.1) is 26.5 Å². The lowest BCUT2D eigenvalue weighted by Crippen LogP contribution is -2.14. The van der Waals surface area contributed by atoms with E-state index >= 15 is 0 Å². The Morgan fingerprint density at radius 1 is 1.00 bits per heavy atom. The second kappa shape index (κ2) is 10.8. The first kappa shape index (κ1) is 18.4. The highest BCUT2D eigenvalue weighted by Crippen LogP contribution is 2.31. The first-order valence-corrected chi connectivity index (χ1v) is 8.87. The SMILES string of the molecule is CCCCCCCOc1c(CNCc2ccco2)cccc1OC. The molecule has 0 saturated carbocycles. The molecule has 0 amide bonds. The molecule has 24 heavy (non-hydrogen) atoms. The van der Waals surface area contributed by atoms with Gasteiger partial charge in [-0.1, -0.05) is 44.7 Å². The molecule has 1 aromatic carbocycles. The Hall–Kier alpha value is -1.94. The highest BCUT2D eigenvalue weighted by molar-refractivity contribution is 5.46. The summed E-state index contributed by atoms with van der Waals surface area (Å²) in [7, 11) is 1.68. The molecule has 0 unspecified atom stereocenters. The first-order valence-electron chi connectivity index (χ1n) is 8.87. The number of rotatable bonds is 12. The maximum atomic E-state index is 6.04. The fraction of sp³-hybridized carbons (Fsp3) is 0.500. The van der Waals surface area contributed by atoms with Gasteiger partial charge in [0.2, 0.25) is 0 Å². The van der Waals surface area contributed by atoms with E-state index in [2.05, 4.69) is 18.3 Å². The maximum absolute atomic E-state index is 6.04. The second-order valence-corrected chi connectivity index (χ2v) is 5.89. The summed E-state index contributed by atoms with van der Waals surface area (Å²) in [6.07, 6.45) is 7.83. The molecule has 0 radical (unpaired) electrons. The maximum Gasteiger partial charge on any atom is 0.165 e. The van der Waals surface area contributed by atoms with Crippen LogP contribution in [0.2, 0.25) is 0 Å². The Bertz CT molecular complexity index is 566. The average molecular weight is 331 g/mol. The van der Waals surface area contributed by atoms with Gasteiger partial charge in [-0.3, -0.25) is 0 Å². The normalized spacial score (nSPS) is 10.8. The zero-order chi connectivity index (χ0) is 17.0. The van der Waals surface area contributed by atoms with Gasteiger partial charge in [0.1, 0.15) is 5.76 Å². The number of hydrogen-bond donors (Lipinski definition) is 1. The predicted molar refractivity (Wildman–Crippen MR) is 96.5 cm³/mol. The van der Waals surface area contributed by atoms with Crippen LogP contribution in [0, 0.1) is 0 Å². The summed E-state index contributed by atoms with van der Waals surface area (Å²) < 4.78 is 16.8. The number of furan rings is 1. The van der Waals surface area contributed by atoms with Gasteiger partial charge in [-0.25, -0.2) is 0 Å². The number of methoxy groups -OCH3 is 1. The molecule has 0 aliphatic carbocycles. The molecule has 4 heteroatoms. The fourth-order valence-corrected chi connectivity index (χ4v) is 2.64. The van der Waals surface area contributed by atoms with Crippen LogP contribution in [0.4, 0.5) is 0 Å². The monoisotopic (exact) mass is 331 g/mol. The largest absolute Gasteiger partial charge is 0.493 e. The van der Waals surface area contributed by atoms with Crippen LogP contribution in [-0.4, -0.2) is 13.7 Å². The van der Waals surface area contributed by atoms with E-state index in [-0.39, 0.29) is 0 Å².